The smallest absolute Gasteiger partial charge is 0.302 e. The Hall–Kier alpha value is -0.530. The summed E-state index contributed by atoms with van der Waals surface area (Å²) >= 11 is 0. The van der Waals surface area contributed by atoms with E-state index in [1.54, 1.807) is 0 Å². The Balaban J connectivity index is 2.84. The second-order valence-electron chi connectivity index (χ2n) is 2.40. The third kappa shape index (κ3) is 7.47. The van der Waals surface area contributed by atoms with Gasteiger partial charge in [0.05, 0.1) is 6.61 Å². The maximum absolute atomic E-state index is 10.3. The molecule has 10 heavy (non-hydrogen) atoms. The lowest BCUT2D eigenvalue weighted by atomic mass is 10.2. The lowest BCUT2D eigenvalue weighted by Crippen LogP contribution is -1.99. The number of unbranched alkanes of at least 4 members (excludes halogenated alkanes) is 3. The van der Waals surface area contributed by atoms with Gasteiger partial charge in [-0.3, -0.25) is 4.79 Å². The Morgan fingerprint density at radius 2 is 2.00 bits per heavy atom. The van der Waals surface area contributed by atoms with Crippen molar-refractivity contribution in [3.63, 3.8) is 0 Å². The molecule has 0 atom stereocenters. The molecule has 0 aliphatic rings. The molecule has 0 saturated heterocycles. The topological polar surface area (TPSA) is 26.3 Å². The van der Waals surface area contributed by atoms with Gasteiger partial charge in [-0.2, -0.15) is 0 Å². The zero-order valence-corrected chi connectivity index (χ0v) is 6.85. The molecule has 0 aliphatic carbocycles. The van der Waals surface area contributed by atoms with Crippen LogP contribution in [0, 0.1) is 0 Å². The number of rotatable bonds is 5. The minimum absolute atomic E-state index is 0.170. The number of ether oxygens (including phenoxy) is 1. The number of carbonyl (C=O) groups excluding carboxylic acids is 1. The van der Waals surface area contributed by atoms with Crippen molar-refractivity contribution in [1.82, 2.24) is 0 Å². The van der Waals surface area contributed by atoms with Gasteiger partial charge in [-0.15, -0.1) is 0 Å². The van der Waals surface area contributed by atoms with Crippen LogP contribution in [0.15, 0.2) is 0 Å². The van der Waals surface area contributed by atoms with E-state index in [9.17, 15) is 4.79 Å². The predicted octanol–water partition coefficient (Wildman–Crippen LogP) is 2.13. The molecule has 0 aliphatic heterocycles. The number of carbonyl (C=O) groups is 1. The molecule has 2 nitrogen and oxygen atoms in total. The van der Waals surface area contributed by atoms with Crippen LogP contribution >= 0.6 is 0 Å². The lowest BCUT2D eigenvalue weighted by Gasteiger charge is -1.99. The van der Waals surface area contributed by atoms with Crippen molar-refractivity contribution in [2.45, 2.75) is 39.5 Å². The number of hydrogen-bond donors (Lipinski definition) is 0. The Morgan fingerprint density at radius 3 is 2.50 bits per heavy atom. The zero-order valence-electron chi connectivity index (χ0n) is 6.85. The van der Waals surface area contributed by atoms with Crippen LogP contribution in [0.1, 0.15) is 39.5 Å². The first-order valence-electron chi connectivity index (χ1n) is 3.90. The molecule has 0 N–H and O–H groups in total. The fraction of sp³-hybridized carbons (Fsp3) is 0.875. The van der Waals surface area contributed by atoms with Crippen molar-refractivity contribution in [2.75, 3.05) is 6.61 Å². The summed E-state index contributed by atoms with van der Waals surface area (Å²) in [6.45, 7) is 4.20. The highest BCUT2D eigenvalue weighted by atomic mass is 16.8. The van der Waals surface area contributed by atoms with Gasteiger partial charge in [0.15, 0.2) is 0 Å². The summed E-state index contributed by atoms with van der Waals surface area (Å²) in [5.74, 6) is -0.170. The van der Waals surface area contributed by atoms with E-state index in [1.165, 1.54) is 26.2 Å². The highest BCUT2D eigenvalue weighted by Gasteiger charge is 1.91. The van der Waals surface area contributed by atoms with Gasteiger partial charge < -0.3 is 4.74 Å². The van der Waals surface area contributed by atoms with Gasteiger partial charge in [-0.05, 0) is 6.42 Å². The van der Waals surface area contributed by atoms with Gasteiger partial charge in [-0.25, -0.2) is 0 Å². The summed E-state index contributed by atoms with van der Waals surface area (Å²) in [5.41, 5.74) is 0. The second kappa shape index (κ2) is 6.59. The summed E-state index contributed by atoms with van der Waals surface area (Å²) in [7, 11) is 0. The van der Waals surface area contributed by atoms with E-state index >= 15 is 0 Å². The molecule has 0 rings (SSSR count). The molecule has 0 heterocycles. The van der Waals surface area contributed by atoms with Crippen LogP contribution in [0.3, 0.4) is 0 Å². The molecule has 60 valence electrons. The fourth-order valence-corrected chi connectivity index (χ4v) is 0.745. The Bertz CT molecular complexity index is 89.3. The van der Waals surface area contributed by atoms with Crippen molar-refractivity contribution < 1.29 is 9.53 Å². The van der Waals surface area contributed by atoms with Gasteiger partial charge in [-0.1, -0.05) is 26.2 Å². The van der Waals surface area contributed by atoms with Crippen molar-refractivity contribution in [3.05, 3.63) is 0 Å². The van der Waals surface area contributed by atoms with Crippen LogP contribution in [0.4, 0.5) is 0 Å². The molecule has 0 amide bonds. The fourth-order valence-electron chi connectivity index (χ4n) is 0.745. The van der Waals surface area contributed by atoms with Gasteiger partial charge in [0, 0.05) is 6.92 Å². The monoisotopic (exact) mass is 146 g/mol. The van der Waals surface area contributed by atoms with Crippen LogP contribution in [0.5, 0.6) is 0 Å². The lowest BCUT2D eigenvalue weighted by molar-refractivity contribution is -0.141. The molecule has 0 aromatic carbocycles. The minimum atomic E-state index is -0.170. The van der Waals surface area contributed by atoms with E-state index in [-0.39, 0.29) is 5.97 Å². The summed E-state index contributed by atoms with van der Waals surface area (Å²) in [6.07, 6.45) is 4.64. The first kappa shape index (κ1) is 9.47. The van der Waals surface area contributed by atoms with E-state index in [1.807, 2.05) is 0 Å². The molecule has 0 unspecified atom stereocenters. The molecular weight excluding hydrogens is 130 g/mol. The van der Waals surface area contributed by atoms with E-state index in [0.717, 1.165) is 6.42 Å². The Kier molecular flexibility index (Phi) is 6.24. The highest BCUT2D eigenvalue weighted by molar-refractivity contribution is 5.65. The molecular formula is C8H16O2. The molecule has 0 spiro atoms. The first-order valence-corrected chi connectivity index (χ1v) is 3.90. The van der Waals surface area contributed by atoms with Crippen LogP contribution < -0.4 is 0 Å². The first-order chi connectivity index (χ1) is 4.77. The average Bonchev–Trinajstić information content (AvgIpc) is 1.87. The van der Waals surface area contributed by atoms with Crippen molar-refractivity contribution >= 4 is 5.97 Å². The summed E-state index contributed by atoms with van der Waals surface area (Å²) < 4.78 is 4.75. The van der Waals surface area contributed by atoms with E-state index in [4.69, 9.17) is 4.74 Å². The van der Waals surface area contributed by atoms with Crippen LogP contribution in [-0.2, 0) is 9.53 Å². The molecule has 0 aromatic rings. The molecule has 0 fully saturated rings. The van der Waals surface area contributed by atoms with Gasteiger partial charge >= 0.3 is 5.97 Å². The second-order valence-corrected chi connectivity index (χ2v) is 2.40. The molecule has 0 aromatic heterocycles. The summed E-state index contributed by atoms with van der Waals surface area (Å²) in [4.78, 5) is 10.3. The molecule has 2 heteroatoms. The third-order valence-electron chi connectivity index (χ3n) is 1.30. The minimum Gasteiger partial charge on any atom is -0.466 e. The van der Waals surface area contributed by atoms with Crippen LogP contribution in [0.25, 0.3) is 0 Å². The number of esters is 1. The maximum Gasteiger partial charge on any atom is 0.302 e. The summed E-state index contributed by atoms with van der Waals surface area (Å²) in [6, 6.07) is 0. The van der Waals surface area contributed by atoms with Gasteiger partial charge in [0.2, 0.25) is 0 Å². The van der Waals surface area contributed by atoms with E-state index in [2.05, 4.69) is 6.92 Å². The highest BCUT2D eigenvalue weighted by Crippen LogP contribution is 1.98. The Labute approximate surface area is 62.6 Å². The average molecular weight is 146 g/mol. The van der Waals surface area contributed by atoms with E-state index < -0.39 is 0 Å². The molecule has 0 radical (unpaired) electrons. The van der Waals surface area contributed by atoms with Crippen molar-refractivity contribution in [3.8, 4) is 0 Å². The normalized spacial score (nSPS) is 9.40. The van der Waals surface area contributed by atoms with Crippen molar-refractivity contribution in [2.24, 2.45) is 0 Å². The summed E-state index contributed by atoms with van der Waals surface area (Å²) in [5, 5.41) is 0. The molecule has 0 bridgehead atoms. The van der Waals surface area contributed by atoms with Gasteiger partial charge in [0.1, 0.15) is 0 Å². The largest absolute Gasteiger partial charge is 0.466 e. The van der Waals surface area contributed by atoms with Crippen molar-refractivity contribution in [1.29, 1.82) is 0 Å². The van der Waals surface area contributed by atoms with Crippen LogP contribution in [-0.4, -0.2) is 12.6 Å². The Morgan fingerprint density at radius 1 is 1.30 bits per heavy atom. The SMILES string of the molecule is CCCCCCO[14C](C)=O. The number of hydrogen-bond acceptors (Lipinski definition) is 2. The third-order valence-corrected chi connectivity index (χ3v) is 1.30. The zero-order chi connectivity index (χ0) is 7.82. The van der Waals surface area contributed by atoms with Gasteiger partial charge in [0.25, 0.3) is 0 Å². The van der Waals surface area contributed by atoms with E-state index in [0.29, 0.717) is 6.61 Å². The standard InChI is InChI=1S/C8H16O2/c1-3-4-5-6-7-10-8(2)9/h3-7H2,1-2H3/i8+2. The molecule has 0 saturated carbocycles. The quantitative estimate of drug-likeness (QED) is 0.438. The van der Waals surface area contributed by atoms with Crippen LogP contribution in [0.2, 0.25) is 0 Å². The maximum atomic E-state index is 10.3. The predicted molar refractivity (Wildman–Crippen MR) is 40.8 cm³/mol.